The minimum atomic E-state index is -1.06. The SMILES string of the molecule is Cc1cccnc1NC(=O)CN1C(=O)NC2(CCCc3ccccc32)C1=O. The Balaban J connectivity index is 1.56. The minimum Gasteiger partial charge on any atom is -0.319 e. The summed E-state index contributed by atoms with van der Waals surface area (Å²) in [5.41, 5.74) is 1.64. The first-order valence-corrected chi connectivity index (χ1v) is 8.95. The van der Waals surface area contributed by atoms with Crippen LogP contribution in [0.4, 0.5) is 10.6 Å². The Morgan fingerprint density at radius 2 is 2.07 bits per heavy atom. The summed E-state index contributed by atoms with van der Waals surface area (Å²) in [6, 6.07) is 10.7. The average molecular weight is 364 g/mol. The summed E-state index contributed by atoms with van der Waals surface area (Å²) in [6.07, 6.45) is 3.78. The summed E-state index contributed by atoms with van der Waals surface area (Å²) < 4.78 is 0. The van der Waals surface area contributed by atoms with E-state index in [9.17, 15) is 14.4 Å². The number of urea groups is 1. The highest BCUT2D eigenvalue weighted by Crippen LogP contribution is 2.39. The van der Waals surface area contributed by atoms with Crippen LogP contribution in [0, 0.1) is 6.92 Å². The third kappa shape index (κ3) is 2.85. The number of pyridine rings is 1. The molecule has 2 aromatic rings. The molecular formula is C20H20N4O3. The topological polar surface area (TPSA) is 91.4 Å². The molecule has 1 saturated heterocycles. The van der Waals surface area contributed by atoms with E-state index in [1.165, 1.54) is 0 Å². The van der Waals surface area contributed by atoms with Crippen molar-refractivity contribution in [3.63, 3.8) is 0 Å². The maximum absolute atomic E-state index is 13.2. The first kappa shape index (κ1) is 17.2. The largest absolute Gasteiger partial charge is 0.325 e. The number of imide groups is 1. The first-order chi connectivity index (χ1) is 13.0. The molecule has 7 nitrogen and oxygen atoms in total. The van der Waals surface area contributed by atoms with Crippen molar-refractivity contribution in [3.8, 4) is 0 Å². The summed E-state index contributed by atoms with van der Waals surface area (Å²) in [4.78, 5) is 43.2. The van der Waals surface area contributed by atoms with Crippen LogP contribution in [0.2, 0.25) is 0 Å². The lowest BCUT2D eigenvalue weighted by Gasteiger charge is -2.33. The number of hydrogen-bond acceptors (Lipinski definition) is 4. The monoisotopic (exact) mass is 364 g/mol. The van der Waals surface area contributed by atoms with E-state index in [0.29, 0.717) is 12.2 Å². The maximum Gasteiger partial charge on any atom is 0.325 e. The Labute approximate surface area is 156 Å². The van der Waals surface area contributed by atoms with Crippen molar-refractivity contribution in [1.82, 2.24) is 15.2 Å². The predicted molar refractivity (Wildman–Crippen MR) is 98.9 cm³/mol. The van der Waals surface area contributed by atoms with E-state index in [1.807, 2.05) is 37.3 Å². The fraction of sp³-hybridized carbons (Fsp3) is 0.300. The smallest absolute Gasteiger partial charge is 0.319 e. The number of aromatic nitrogens is 1. The number of aryl methyl sites for hydroxylation is 2. The standard InChI is InChI=1S/C20H20N4O3/c1-13-6-5-11-21-17(13)22-16(25)12-24-18(26)20(23-19(24)27)10-4-8-14-7-2-3-9-15(14)20/h2-3,5-7,9,11H,4,8,10,12H2,1H3,(H,23,27)(H,21,22,25). The molecule has 1 aromatic carbocycles. The second-order valence-corrected chi connectivity index (χ2v) is 6.95. The van der Waals surface area contributed by atoms with Crippen LogP contribution in [-0.4, -0.2) is 34.3 Å². The molecule has 7 heteroatoms. The number of anilines is 1. The highest BCUT2D eigenvalue weighted by Gasteiger charge is 2.54. The molecule has 2 N–H and O–H groups in total. The van der Waals surface area contributed by atoms with Gasteiger partial charge in [0.15, 0.2) is 0 Å². The van der Waals surface area contributed by atoms with Crippen molar-refractivity contribution < 1.29 is 14.4 Å². The average Bonchev–Trinajstić information content (AvgIpc) is 2.89. The Kier molecular flexibility index (Phi) is 4.14. The molecular weight excluding hydrogens is 344 g/mol. The molecule has 4 amide bonds. The number of carbonyl (C=O) groups is 3. The highest BCUT2D eigenvalue weighted by atomic mass is 16.2. The van der Waals surface area contributed by atoms with Crippen molar-refractivity contribution in [3.05, 3.63) is 59.3 Å². The van der Waals surface area contributed by atoms with Gasteiger partial charge < -0.3 is 10.6 Å². The Morgan fingerprint density at radius 1 is 1.26 bits per heavy atom. The summed E-state index contributed by atoms with van der Waals surface area (Å²) in [7, 11) is 0. The van der Waals surface area contributed by atoms with Crippen molar-refractivity contribution in [2.45, 2.75) is 31.7 Å². The van der Waals surface area contributed by atoms with Gasteiger partial charge in [-0.25, -0.2) is 9.78 Å². The highest BCUT2D eigenvalue weighted by molar-refractivity contribution is 6.10. The lowest BCUT2D eigenvalue weighted by Crippen LogP contribution is -2.47. The fourth-order valence-electron chi connectivity index (χ4n) is 3.89. The Morgan fingerprint density at radius 3 is 2.89 bits per heavy atom. The lowest BCUT2D eigenvalue weighted by molar-refractivity contribution is -0.134. The van der Waals surface area contributed by atoms with E-state index in [1.54, 1.807) is 12.3 Å². The van der Waals surface area contributed by atoms with Gasteiger partial charge in [-0.15, -0.1) is 0 Å². The van der Waals surface area contributed by atoms with Crippen molar-refractivity contribution in [2.75, 3.05) is 11.9 Å². The zero-order valence-corrected chi connectivity index (χ0v) is 15.0. The van der Waals surface area contributed by atoms with Crippen LogP contribution < -0.4 is 10.6 Å². The number of amides is 4. The molecule has 1 atom stereocenters. The molecule has 4 rings (SSSR count). The predicted octanol–water partition coefficient (Wildman–Crippen LogP) is 2.11. The Hall–Kier alpha value is -3.22. The molecule has 0 saturated carbocycles. The van der Waals surface area contributed by atoms with Crippen LogP contribution in [0.25, 0.3) is 0 Å². The van der Waals surface area contributed by atoms with Crippen LogP contribution in [0.3, 0.4) is 0 Å². The normalized spacial score (nSPS) is 21.1. The molecule has 1 fully saturated rings. The van der Waals surface area contributed by atoms with Gasteiger partial charge >= 0.3 is 6.03 Å². The number of benzene rings is 1. The van der Waals surface area contributed by atoms with Crippen LogP contribution in [-0.2, 0) is 21.5 Å². The quantitative estimate of drug-likeness (QED) is 0.816. The Bertz CT molecular complexity index is 942. The molecule has 2 heterocycles. The molecule has 27 heavy (non-hydrogen) atoms. The number of rotatable bonds is 3. The summed E-state index contributed by atoms with van der Waals surface area (Å²) >= 11 is 0. The number of nitrogens with zero attached hydrogens (tertiary/aromatic N) is 2. The van der Waals surface area contributed by atoms with Crippen LogP contribution in [0.5, 0.6) is 0 Å². The van der Waals surface area contributed by atoms with E-state index in [0.717, 1.165) is 34.4 Å². The van der Waals surface area contributed by atoms with Gasteiger partial charge in [-0.3, -0.25) is 14.5 Å². The first-order valence-electron chi connectivity index (χ1n) is 8.95. The van der Waals surface area contributed by atoms with Gasteiger partial charge in [0.05, 0.1) is 0 Å². The van der Waals surface area contributed by atoms with Gasteiger partial charge in [-0.05, 0) is 48.9 Å². The van der Waals surface area contributed by atoms with Crippen molar-refractivity contribution >= 4 is 23.7 Å². The van der Waals surface area contributed by atoms with Crippen LogP contribution >= 0.6 is 0 Å². The van der Waals surface area contributed by atoms with Crippen molar-refractivity contribution in [1.29, 1.82) is 0 Å². The third-order valence-corrected chi connectivity index (χ3v) is 5.22. The number of fused-ring (bicyclic) bond motifs is 2. The zero-order chi connectivity index (χ0) is 19.0. The molecule has 1 spiro atoms. The summed E-state index contributed by atoms with van der Waals surface area (Å²) in [6.45, 7) is 1.48. The van der Waals surface area contributed by atoms with E-state index < -0.39 is 17.5 Å². The van der Waals surface area contributed by atoms with Crippen LogP contribution in [0.15, 0.2) is 42.6 Å². The lowest BCUT2D eigenvalue weighted by atomic mass is 9.76. The van der Waals surface area contributed by atoms with Crippen LogP contribution in [0.1, 0.15) is 29.5 Å². The maximum atomic E-state index is 13.2. The second-order valence-electron chi connectivity index (χ2n) is 6.95. The fourth-order valence-corrected chi connectivity index (χ4v) is 3.89. The van der Waals surface area contributed by atoms with Gasteiger partial charge in [-0.2, -0.15) is 0 Å². The molecule has 0 radical (unpaired) electrons. The van der Waals surface area contributed by atoms with Gasteiger partial charge in [0.2, 0.25) is 5.91 Å². The minimum absolute atomic E-state index is 0.343. The van der Waals surface area contributed by atoms with Gasteiger partial charge in [0.1, 0.15) is 17.9 Å². The van der Waals surface area contributed by atoms with E-state index in [2.05, 4.69) is 15.6 Å². The van der Waals surface area contributed by atoms with Gasteiger partial charge in [0.25, 0.3) is 5.91 Å². The van der Waals surface area contributed by atoms with Crippen molar-refractivity contribution in [2.24, 2.45) is 0 Å². The molecule has 1 unspecified atom stereocenters. The number of hydrogen-bond donors (Lipinski definition) is 2. The third-order valence-electron chi connectivity index (χ3n) is 5.22. The van der Waals surface area contributed by atoms with E-state index in [4.69, 9.17) is 0 Å². The zero-order valence-electron chi connectivity index (χ0n) is 15.0. The van der Waals surface area contributed by atoms with Gasteiger partial charge in [0, 0.05) is 6.20 Å². The molecule has 138 valence electrons. The molecule has 1 aromatic heterocycles. The summed E-state index contributed by atoms with van der Waals surface area (Å²) in [5.74, 6) is -0.402. The number of nitrogens with one attached hydrogen (secondary N) is 2. The number of carbonyl (C=O) groups excluding carboxylic acids is 3. The molecule has 2 aliphatic rings. The molecule has 0 bridgehead atoms. The summed E-state index contributed by atoms with van der Waals surface area (Å²) in [5, 5.41) is 5.51. The second kappa shape index (κ2) is 6.50. The molecule has 1 aliphatic heterocycles. The van der Waals surface area contributed by atoms with E-state index in [-0.39, 0.29) is 12.5 Å². The van der Waals surface area contributed by atoms with Gasteiger partial charge in [-0.1, -0.05) is 30.3 Å². The van der Waals surface area contributed by atoms with E-state index >= 15 is 0 Å². The molecule has 1 aliphatic carbocycles.